The van der Waals surface area contributed by atoms with Gasteiger partial charge in [-0.05, 0) is 25.5 Å². The Bertz CT molecular complexity index is 295. The van der Waals surface area contributed by atoms with Crippen molar-refractivity contribution in [3.05, 3.63) is 11.1 Å². The van der Waals surface area contributed by atoms with Gasteiger partial charge in [0.25, 0.3) is 0 Å². The second-order valence-electron chi connectivity index (χ2n) is 4.47. The smallest absolute Gasteiger partial charge is 0.107 e. The van der Waals surface area contributed by atoms with Crippen molar-refractivity contribution in [1.82, 2.24) is 5.32 Å². The lowest BCUT2D eigenvalue weighted by molar-refractivity contribution is 0.259. The number of hydrogen-bond acceptors (Lipinski definition) is 3. The first-order chi connectivity index (χ1) is 7.83. The molecule has 0 amide bonds. The molecule has 90 valence electrons. The number of hydrogen-bond donors (Lipinski definition) is 2. The van der Waals surface area contributed by atoms with Gasteiger partial charge in [-0.1, -0.05) is 18.9 Å². The molecule has 0 aromatic carbocycles. The molecular weight excluding hydrogens is 220 g/mol. The van der Waals surface area contributed by atoms with Crippen molar-refractivity contribution in [3.63, 3.8) is 0 Å². The van der Waals surface area contributed by atoms with Crippen LogP contribution in [0, 0.1) is 5.92 Å². The summed E-state index contributed by atoms with van der Waals surface area (Å²) in [6.07, 6.45) is 10.1. The Morgan fingerprint density at radius 3 is 2.88 bits per heavy atom. The van der Waals surface area contributed by atoms with E-state index in [0.717, 1.165) is 12.3 Å². The largest absolute Gasteiger partial charge is 0.396 e. The van der Waals surface area contributed by atoms with E-state index in [0.29, 0.717) is 6.04 Å². The zero-order valence-electron chi connectivity index (χ0n) is 9.78. The van der Waals surface area contributed by atoms with Gasteiger partial charge >= 0.3 is 0 Å². The van der Waals surface area contributed by atoms with Crippen molar-refractivity contribution >= 4 is 17.6 Å². The third kappa shape index (κ3) is 2.80. The first-order valence-corrected chi connectivity index (χ1v) is 7.25. The Morgan fingerprint density at radius 1 is 1.50 bits per heavy atom. The van der Waals surface area contributed by atoms with Crippen LogP contribution in [0.15, 0.2) is 16.1 Å². The molecule has 1 fully saturated rings. The van der Waals surface area contributed by atoms with E-state index in [1.807, 2.05) is 0 Å². The Kier molecular flexibility index (Phi) is 4.29. The van der Waals surface area contributed by atoms with Gasteiger partial charge in [-0.15, -0.1) is 11.8 Å². The molecule has 4 heteroatoms. The molecule has 0 bridgehead atoms. The summed E-state index contributed by atoms with van der Waals surface area (Å²) in [6.45, 7) is 0.191. The number of nitrogens with zero attached hydrogens (tertiary/aromatic N) is 1. The minimum absolute atomic E-state index is 0.177. The fourth-order valence-electron chi connectivity index (χ4n) is 2.30. The molecule has 0 spiro atoms. The number of aliphatic hydroxyl groups is 1. The number of amidine groups is 1. The van der Waals surface area contributed by atoms with Crippen LogP contribution in [0.3, 0.4) is 0 Å². The molecule has 2 aliphatic rings. The maximum atomic E-state index is 9.34. The van der Waals surface area contributed by atoms with Gasteiger partial charge in [0, 0.05) is 5.92 Å². The molecule has 0 aromatic rings. The van der Waals surface area contributed by atoms with Crippen molar-refractivity contribution in [3.8, 4) is 0 Å². The highest BCUT2D eigenvalue weighted by Crippen LogP contribution is 2.24. The fourth-order valence-corrected chi connectivity index (χ4v) is 2.77. The highest BCUT2D eigenvalue weighted by atomic mass is 32.2. The Labute approximate surface area is 101 Å². The molecule has 0 radical (unpaired) electrons. The van der Waals surface area contributed by atoms with Gasteiger partial charge in [0.05, 0.1) is 17.7 Å². The summed E-state index contributed by atoms with van der Waals surface area (Å²) in [4.78, 5) is 4.78. The van der Waals surface area contributed by atoms with Crippen molar-refractivity contribution in [2.75, 3.05) is 12.9 Å². The maximum Gasteiger partial charge on any atom is 0.107 e. The van der Waals surface area contributed by atoms with Crippen molar-refractivity contribution in [2.45, 2.75) is 38.1 Å². The standard InChI is InChI=1S/C12H20N2OS/c1-16-11-7-6-9(8-15)12(14-11)13-10-4-2-3-5-10/h7,9-10,15H,2-6,8H2,1H3,(H,13,14). The summed E-state index contributed by atoms with van der Waals surface area (Å²) in [7, 11) is 0. The van der Waals surface area contributed by atoms with Crippen molar-refractivity contribution < 1.29 is 5.11 Å². The van der Waals surface area contributed by atoms with Crippen LogP contribution in [0.25, 0.3) is 0 Å². The third-order valence-corrected chi connectivity index (χ3v) is 4.02. The van der Waals surface area contributed by atoms with Crippen LogP contribution in [0.1, 0.15) is 32.1 Å². The number of rotatable bonds is 3. The zero-order chi connectivity index (χ0) is 11.4. The van der Waals surface area contributed by atoms with Gasteiger partial charge in [0.2, 0.25) is 0 Å². The van der Waals surface area contributed by atoms with E-state index in [9.17, 15) is 5.11 Å². The Morgan fingerprint density at radius 2 is 2.25 bits per heavy atom. The normalized spacial score (nSPS) is 29.2. The van der Waals surface area contributed by atoms with Crippen LogP contribution in [0.2, 0.25) is 0 Å². The van der Waals surface area contributed by atoms with Crippen LogP contribution in [0.5, 0.6) is 0 Å². The predicted molar refractivity (Wildman–Crippen MR) is 69.6 cm³/mol. The maximum absolute atomic E-state index is 9.34. The minimum Gasteiger partial charge on any atom is -0.396 e. The second-order valence-corrected chi connectivity index (χ2v) is 5.31. The van der Waals surface area contributed by atoms with Gasteiger partial charge < -0.3 is 10.4 Å². The molecule has 2 rings (SSSR count). The van der Waals surface area contributed by atoms with Crippen molar-refractivity contribution in [1.29, 1.82) is 0 Å². The zero-order valence-corrected chi connectivity index (χ0v) is 10.6. The molecular formula is C12H20N2OS. The molecule has 1 heterocycles. The second kappa shape index (κ2) is 5.73. The summed E-state index contributed by atoms with van der Waals surface area (Å²) in [5.41, 5.74) is 0. The lowest BCUT2D eigenvalue weighted by atomic mass is 10.0. The molecule has 1 atom stereocenters. The van der Waals surface area contributed by atoms with Gasteiger partial charge in [-0.2, -0.15) is 0 Å². The van der Waals surface area contributed by atoms with Gasteiger partial charge in [0.15, 0.2) is 0 Å². The summed E-state index contributed by atoms with van der Waals surface area (Å²) in [5.74, 6) is 1.18. The first-order valence-electron chi connectivity index (χ1n) is 6.03. The average Bonchev–Trinajstić information content (AvgIpc) is 2.82. The molecule has 0 saturated heterocycles. The number of nitrogens with one attached hydrogen (secondary N) is 1. The highest BCUT2D eigenvalue weighted by molar-refractivity contribution is 8.02. The lowest BCUT2D eigenvalue weighted by Crippen LogP contribution is -2.35. The van der Waals surface area contributed by atoms with E-state index >= 15 is 0 Å². The molecule has 2 N–H and O–H groups in total. The summed E-state index contributed by atoms with van der Waals surface area (Å²) in [5, 5.41) is 13.9. The number of thioether (sulfide) groups is 1. The Balaban J connectivity index is 2.07. The number of allylic oxidation sites excluding steroid dienone is 1. The van der Waals surface area contributed by atoms with E-state index in [1.165, 1.54) is 30.7 Å². The monoisotopic (exact) mass is 240 g/mol. The minimum atomic E-state index is 0.177. The van der Waals surface area contributed by atoms with Crippen LogP contribution in [-0.2, 0) is 0 Å². The lowest BCUT2D eigenvalue weighted by Gasteiger charge is -2.24. The van der Waals surface area contributed by atoms with Crippen LogP contribution >= 0.6 is 11.8 Å². The van der Waals surface area contributed by atoms with E-state index in [4.69, 9.17) is 4.99 Å². The topological polar surface area (TPSA) is 44.6 Å². The highest BCUT2D eigenvalue weighted by Gasteiger charge is 2.22. The summed E-state index contributed by atoms with van der Waals surface area (Å²) < 4.78 is 0. The Hall–Kier alpha value is -0.480. The van der Waals surface area contributed by atoms with Gasteiger partial charge in [0.1, 0.15) is 5.84 Å². The molecule has 1 aliphatic carbocycles. The molecule has 1 unspecified atom stereocenters. The third-order valence-electron chi connectivity index (χ3n) is 3.31. The van der Waals surface area contributed by atoms with Crippen LogP contribution in [0.4, 0.5) is 0 Å². The molecule has 1 aliphatic heterocycles. The SMILES string of the molecule is CSC1=CCC(CO)C(=NC2CCCC2)N1. The van der Waals surface area contributed by atoms with E-state index in [-0.39, 0.29) is 12.5 Å². The van der Waals surface area contributed by atoms with E-state index < -0.39 is 0 Å². The van der Waals surface area contributed by atoms with Crippen LogP contribution in [-0.4, -0.2) is 29.8 Å². The molecule has 1 saturated carbocycles. The fraction of sp³-hybridized carbons (Fsp3) is 0.750. The number of aliphatic imine (C=N–C) groups is 1. The van der Waals surface area contributed by atoms with E-state index in [2.05, 4.69) is 17.6 Å². The van der Waals surface area contributed by atoms with Gasteiger partial charge in [-0.3, -0.25) is 4.99 Å². The average molecular weight is 240 g/mol. The number of aliphatic hydroxyl groups excluding tert-OH is 1. The summed E-state index contributed by atoms with van der Waals surface area (Å²) >= 11 is 1.71. The molecule has 0 aromatic heterocycles. The van der Waals surface area contributed by atoms with E-state index in [1.54, 1.807) is 11.8 Å². The van der Waals surface area contributed by atoms with Gasteiger partial charge in [-0.25, -0.2) is 0 Å². The molecule has 16 heavy (non-hydrogen) atoms. The first kappa shape index (κ1) is 12.0. The van der Waals surface area contributed by atoms with Crippen molar-refractivity contribution in [2.24, 2.45) is 10.9 Å². The quantitative estimate of drug-likeness (QED) is 0.794. The van der Waals surface area contributed by atoms with Crippen LogP contribution < -0.4 is 5.32 Å². The summed E-state index contributed by atoms with van der Waals surface area (Å²) in [6, 6.07) is 0.484. The molecule has 3 nitrogen and oxygen atoms in total. The predicted octanol–water partition coefficient (Wildman–Crippen LogP) is 2.13.